The van der Waals surface area contributed by atoms with Gasteiger partial charge in [0.2, 0.25) is 0 Å². The molecule has 4 heteroatoms. The molecule has 0 amide bonds. The Morgan fingerprint density at radius 3 is 2.82 bits per heavy atom. The van der Waals surface area contributed by atoms with Crippen molar-refractivity contribution in [3.63, 3.8) is 0 Å². The molecule has 0 aromatic heterocycles. The third-order valence-corrected chi connectivity index (χ3v) is 5.05. The summed E-state index contributed by atoms with van der Waals surface area (Å²) in [6.45, 7) is 10.5. The number of hydrogen-bond acceptors (Lipinski definition) is 4. The van der Waals surface area contributed by atoms with Gasteiger partial charge in [0.15, 0.2) is 0 Å². The number of rotatable bonds is 4. The highest BCUT2D eigenvalue weighted by Gasteiger charge is 2.22. The molecule has 1 atom stereocenters. The molecule has 2 fully saturated rings. The predicted octanol–water partition coefficient (Wildman–Crippen LogP) is 1.85. The molecule has 2 aliphatic heterocycles. The minimum absolute atomic E-state index is 0.339. The molecule has 2 heterocycles. The third-order valence-electron chi connectivity index (χ3n) is 5.05. The summed E-state index contributed by atoms with van der Waals surface area (Å²) in [6.07, 6.45) is 2.77. The van der Waals surface area contributed by atoms with E-state index in [4.69, 9.17) is 4.74 Å². The second kappa shape index (κ2) is 7.44. The molecular weight excluding hydrogens is 274 g/mol. The number of ether oxygens (including phenoxy) is 1. The van der Waals surface area contributed by atoms with Gasteiger partial charge in [-0.1, -0.05) is 12.1 Å². The van der Waals surface area contributed by atoms with Crippen LogP contribution in [0, 0.1) is 13.8 Å². The zero-order chi connectivity index (χ0) is 15.4. The summed E-state index contributed by atoms with van der Waals surface area (Å²) in [6, 6.07) is 7.27. The largest absolute Gasteiger partial charge is 0.374 e. The van der Waals surface area contributed by atoms with Crippen LogP contribution in [0.5, 0.6) is 0 Å². The van der Waals surface area contributed by atoms with Crippen molar-refractivity contribution in [2.24, 2.45) is 0 Å². The lowest BCUT2D eigenvalue weighted by Crippen LogP contribution is -2.49. The number of hydrogen-bond donors (Lipinski definition) is 2. The Morgan fingerprint density at radius 1 is 1.27 bits per heavy atom. The average Bonchev–Trinajstić information content (AvgIpc) is 2.57. The highest BCUT2D eigenvalue weighted by molar-refractivity contribution is 5.56. The number of piperidine rings is 1. The molecule has 2 N–H and O–H groups in total. The van der Waals surface area contributed by atoms with Gasteiger partial charge >= 0.3 is 0 Å². The van der Waals surface area contributed by atoms with E-state index in [0.717, 1.165) is 39.3 Å². The Bertz CT molecular complexity index is 477. The van der Waals surface area contributed by atoms with Gasteiger partial charge in [0.1, 0.15) is 0 Å². The Morgan fingerprint density at radius 2 is 2.09 bits per heavy atom. The van der Waals surface area contributed by atoms with E-state index in [9.17, 15) is 0 Å². The molecule has 0 unspecified atom stereocenters. The molecule has 1 aromatic rings. The number of nitrogens with zero attached hydrogens (tertiary/aromatic N) is 1. The zero-order valence-corrected chi connectivity index (χ0v) is 13.9. The van der Waals surface area contributed by atoms with Crippen LogP contribution >= 0.6 is 0 Å². The van der Waals surface area contributed by atoms with Crippen molar-refractivity contribution in [2.45, 2.75) is 38.8 Å². The highest BCUT2D eigenvalue weighted by atomic mass is 16.5. The number of aryl methyl sites for hydroxylation is 1. The summed E-state index contributed by atoms with van der Waals surface area (Å²) >= 11 is 0. The Labute approximate surface area is 134 Å². The molecule has 0 bridgehead atoms. The summed E-state index contributed by atoms with van der Waals surface area (Å²) in [7, 11) is 0. The first-order chi connectivity index (χ1) is 10.7. The number of morpholine rings is 1. The molecule has 22 heavy (non-hydrogen) atoms. The Balaban J connectivity index is 1.47. The van der Waals surface area contributed by atoms with E-state index >= 15 is 0 Å². The maximum absolute atomic E-state index is 5.75. The summed E-state index contributed by atoms with van der Waals surface area (Å²) < 4.78 is 5.75. The molecule has 122 valence electrons. The topological polar surface area (TPSA) is 36.5 Å². The van der Waals surface area contributed by atoms with Crippen LogP contribution in [0.25, 0.3) is 0 Å². The fraction of sp³-hybridized carbons (Fsp3) is 0.667. The summed E-state index contributed by atoms with van der Waals surface area (Å²) in [4.78, 5) is 2.54. The Kier molecular flexibility index (Phi) is 5.34. The summed E-state index contributed by atoms with van der Waals surface area (Å²) in [5.41, 5.74) is 4.23. The number of anilines is 1. The average molecular weight is 303 g/mol. The highest BCUT2D eigenvalue weighted by Crippen LogP contribution is 2.25. The lowest BCUT2D eigenvalue weighted by Gasteiger charge is -2.36. The van der Waals surface area contributed by atoms with Crippen LogP contribution in [0.15, 0.2) is 18.2 Å². The molecular formula is C18H29N3O. The molecule has 3 rings (SSSR count). The normalized spacial score (nSPS) is 23.7. The van der Waals surface area contributed by atoms with E-state index < -0.39 is 0 Å². The van der Waals surface area contributed by atoms with Gasteiger partial charge in [0, 0.05) is 44.5 Å². The molecule has 2 saturated heterocycles. The van der Waals surface area contributed by atoms with Gasteiger partial charge in [-0.25, -0.2) is 0 Å². The lowest BCUT2D eigenvalue weighted by molar-refractivity contribution is 0.0271. The number of nitrogens with one attached hydrogen (secondary N) is 2. The van der Waals surface area contributed by atoms with E-state index in [1.54, 1.807) is 0 Å². The molecule has 4 nitrogen and oxygen atoms in total. The van der Waals surface area contributed by atoms with Gasteiger partial charge in [0.25, 0.3) is 0 Å². The van der Waals surface area contributed by atoms with E-state index in [1.165, 1.54) is 29.7 Å². The minimum atomic E-state index is 0.339. The zero-order valence-electron chi connectivity index (χ0n) is 13.9. The number of benzene rings is 1. The smallest absolute Gasteiger partial charge is 0.0824 e. The van der Waals surface area contributed by atoms with Crippen molar-refractivity contribution in [3.05, 3.63) is 29.3 Å². The lowest BCUT2D eigenvalue weighted by atomic mass is 10.0. The SMILES string of the molecule is Cc1cccc(N2CCC(NC[C@@H]3CNCCO3)CC2)c1C. The third kappa shape index (κ3) is 3.80. The van der Waals surface area contributed by atoms with Gasteiger partial charge < -0.3 is 20.3 Å². The van der Waals surface area contributed by atoms with E-state index in [0.29, 0.717) is 12.1 Å². The van der Waals surface area contributed by atoms with Crippen molar-refractivity contribution in [1.29, 1.82) is 0 Å². The monoisotopic (exact) mass is 303 g/mol. The van der Waals surface area contributed by atoms with Crippen LogP contribution in [-0.2, 0) is 4.74 Å². The van der Waals surface area contributed by atoms with Crippen LogP contribution in [0.3, 0.4) is 0 Å². The van der Waals surface area contributed by atoms with Crippen LogP contribution in [0.4, 0.5) is 5.69 Å². The van der Waals surface area contributed by atoms with Gasteiger partial charge in [-0.05, 0) is 43.9 Å². The van der Waals surface area contributed by atoms with Crippen molar-refractivity contribution < 1.29 is 4.74 Å². The molecule has 1 aromatic carbocycles. The molecule has 0 aliphatic carbocycles. The van der Waals surface area contributed by atoms with Gasteiger partial charge in [-0.3, -0.25) is 0 Å². The standard InChI is InChI=1S/C18H29N3O/c1-14-4-3-5-18(15(14)2)21-9-6-16(7-10-21)20-13-17-12-19-8-11-22-17/h3-5,16-17,19-20H,6-13H2,1-2H3/t17-/m0/s1. The Hall–Kier alpha value is -1.10. The first-order valence-corrected chi connectivity index (χ1v) is 8.61. The van der Waals surface area contributed by atoms with Crippen LogP contribution in [0.2, 0.25) is 0 Å². The van der Waals surface area contributed by atoms with Crippen LogP contribution in [0.1, 0.15) is 24.0 Å². The molecule has 0 saturated carbocycles. The van der Waals surface area contributed by atoms with Crippen molar-refractivity contribution in [3.8, 4) is 0 Å². The fourth-order valence-corrected chi connectivity index (χ4v) is 3.45. The summed E-state index contributed by atoms with van der Waals surface area (Å²) in [5.74, 6) is 0. The quantitative estimate of drug-likeness (QED) is 0.890. The van der Waals surface area contributed by atoms with E-state index in [-0.39, 0.29) is 0 Å². The summed E-state index contributed by atoms with van der Waals surface area (Å²) in [5, 5.41) is 7.09. The van der Waals surface area contributed by atoms with Crippen molar-refractivity contribution >= 4 is 5.69 Å². The van der Waals surface area contributed by atoms with Gasteiger partial charge in [0.05, 0.1) is 12.7 Å². The fourth-order valence-electron chi connectivity index (χ4n) is 3.45. The van der Waals surface area contributed by atoms with Gasteiger partial charge in [-0.15, -0.1) is 0 Å². The first-order valence-electron chi connectivity index (χ1n) is 8.61. The second-order valence-corrected chi connectivity index (χ2v) is 6.59. The van der Waals surface area contributed by atoms with E-state index in [2.05, 4.69) is 47.6 Å². The molecule has 2 aliphatic rings. The first kappa shape index (κ1) is 15.8. The van der Waals surface area contributed by atoms with Crippen LogP contribution < -0.4 is 15.5 Å². The maximum Gasteiger partial charge on any atom is 0.0824 e. The van der Waals surface area contributed by atoms with E-state index in [1.807, 2.05) is 0 Å². The van der Waals surface area contributed by atoms with Gasteiger partial charge in [-0.2, -0.15) is 0 Å². The van der Waals surface area contributed by atoms with Crippen molar-refractivity contribution in [2.75, 3.05) is 44.2 Å². The maximum atomic E-state index is 5.75. The second-order valence-electron chi connectivity index (χ2n) is 6.59. The molecule has 0 spiro atoms. The van der Waals surface area contributed by atoms with Crippen LogP contribution in [-0.4, -0.2) is 51.5 Å². The predicted molar refractivity (Wildman–Crippen MR) is 91.8 cm³/mol. The molecule has 0 radical (unpaired) electrons. The minimum Gasteiger partial charge on any atom is -0.374 e. The van der Waals surface area contributed by atoms with Crippen molar-refractivity contribution in [1.82, 2.24) is 10.6 Å².